The van der Waals surface area contributed by atoms with Gasteiger partial charge in [-0.15, -0.1) is 0 Å². The van der Waals surface area contributed by atoms with Crippen molar-refractivity contribution in [3.8, 4) is 22.3 Å². The molecule has 0 fully saturated rings. The second-order valence-corrected chi connectivity index (χ2v) is 20.3. The molecular weight excluding hydrogens is 1030 g/mol. The van der Waals surface area contributed by atoms with E-state index in [9.17, 15) is 28.0 Å². The van der Waals surface area contributed by atoms with Gasteiger partial charge in [0.1, 0.15) is 11.6 Å². The minimum Gasteiger partial charge on any atom is -0.465 e. The zero-order valence-electron chi connectivity index (χ0n) is 46.4. The maximum atomic E-state index is 14.3. The molecule has 0 heterocycles. The predicted octanol–water partition coefficient (Wildman–Crippen LogP) is 13.2. The van der Waals surface area contributed by atoms with Crippen LogP contribution in [0.25, 0.3) is 33.6 Å². The monoisotopic (exact) mass is 1100 g/mol. The number of amides is 2. The maximum Gasteiger partial charge on any atom is 0.302 e. The van der Waals surface area contributed by atoms with Gasteiger partial charge >= 0.3 is 11.9 Å². The fraction of sp³-hybridized carbons (Fsp3) is 0.200. The van der Waals surface area contributed by atoms with Crippen LogP contribution in [0.3, 0.4) is 0 Å². The third-order valence-electron chi connectivity index (χ3n) is 14.2. The minimum atomic E-state index is -0.379. The summed E-state index contributed by atoms with van der Waals surface area (Å²) in [5.41, 5.74) is 22.4. The zero-order valence-corrected chi connectivity index (χ0v) is 46.4. The molecule has 0 spiro atoms. The zero-order chi connectivity index (χ0) is 58.4. The second kappa shape index (κ2) is 30.2. The lowest BCUT2D eigenvalue weighted by Gasteiger charge is -2.28. The first-order valence-corrected chi connectivity index (χ1v) is 27.3. The van der Waals surface area contributed by atoms with Gasteiger partial charge in [0.05, 0.1) is 13.2 Å². The molecule has 10 nitrogen and oxygen atoms in total. The number of halogens is 2. The Labute approximate surface area is 479 Å². The van der Waals surface area contributed by atoms with Crippen LogP contribution in [0.2, 0.25) is 0 Å². The summed E-state index contributed by atoms with van der Waals surface area (Å²) in [5, 5.41) is 6.43. The van der Waals surface area contributed by atoms with Crippen molar-refractivity contribution in [3.63, 3.8) is 0 Å². The molecule has 0 aliphatic carbocycles. The number of ether oxygens (including phenoxy) is 2. The van der Waals surface area contributed by atoms with Gasteiger partial charge in [-0.2, -0.15) is 0 Å². The average Bonchev–Trinajstić information content (AvgIpc) is 3.66. The van der Waals surface area contributed by atoms with Crippen molar-refractivity contribution in [3.05, 3.63) is 276 Å². The molecule has 8 rings (SSSR count). The molecule has 0 aliphatic rings. The molecule has 4 atom stereocenters. The quantitative estimate of drug-likeness (QED) is 0.0435. The maximum absolute atomic E-state index is 14.3. The number of carbonyl (C=O) groups excluding carboxylic acids is 4. The average molecular weight is 1100 g/mol. The Kier molecular flexibility index (Phi) is 22.2. The van der Waals surface area contributed by atoms with Crippen molar-refractivity contribution in [2.75, 3.05) is 13.2 Å². The first-order valence-electron chi connectivity index (χ1n) is 27.3. The van der Waals surface area contributed by atoms with Crippen molar-refractivity contribution in [2.45, 2.75) is 64.5 Å². The number of rotatable bonds is 24. The van der Waals surface area contributed by atoms with Crippen LogP contribution in [0, 0.1) is 23.5 Å². The lowest BCUT2D eigenvalue weighted by Crippen LogP contribution is -2.43. The number of esters is 2. The Bertz CT molecular complexity index is 3430. The van der Waals surface area contributed by atoms with Crippen LogP contribution in [0.1, 0.15) is 80.8 Å². The van der Waals surface area contributed by atoms with E-state index < -0.39 is 0 Å². The summed E-state index contributed by atoms with van der Waals surface area (Å²) in [4.78, 5) is 50.6. The van der Waals surface area contributed by atoms with Gasteiger partial charge < -0.3 is 31.6 Å². The van der Waals surface area contributed by atoms with Crippen molar-refractivity contribution in [1.82, 2.24) is 10.6 Å². The number of benzene rings is 8. The molecular formula is C70H70F2N4O6. The first kappa shape index (κ1) is 60.2. The van der Waals surface area contributed by atoms with Gasteiger partial charge in [0, 0.05) is 65.9 Å². The highest BCUT2D eigenvalue weighted by molar-refractivity contribution is 5.95. The van der Waals surface area contributed by atoms with Gasteiger partial charge in [0.2, 0.25) is 0 Å². The molecule has 0 aromatic heterocycles. The smallest absolute Gasteiger partial charge is 0.302 e. The number of nitrogens with one attached hydrogen (secondary N) is 2. The first-order chi connectivity index (χ1) is 39.6. The van der Waals surface area contributed by atoms with Crippen LogP contribution >= 0.6 is 0 Å². The van der Waals surface area contributed by atoms with Crippen molar-refractivity contribution in [1.29, 1.82) is 0 Å². The van der Waals surface area contributed by atoms with Crippen LogP contribution in [0.4, 0.5) is 8.78 Å². The largest absolute Gasteiger partial charge is 0.465 e. The van der Waals surface area contributed by atoms with Crippen LogP contribution in [-0.4, -0.2) is 49.1 Å². The van der Waals surface area contributed by atoms with Crippen molar-refractivity contribution in [2.24, 2.45) is 23.3 Å². The summed E-state index contributed by atoms with van der Waals surface area (Å²) in [6.07, 6.45) is 3.87. The van der Waals surface area contributed by atoms with E-state index in [2.05, 4.69) is 48.1 Å². The van der Waals surface area contributed by atoms with Crippen molar-refractivity contribution < 1.29 is 37.4 Å². The molecule has 8 aromatic carbocycles. The Balaban J connectivity index is 0.000000236. The lowest BCUT2D eigenvalue weighted by molar-refractivity contribution is -0.143. The summed E-state index contributed by atoms with van der Waals surface area (Å²) in [6, 6.07) is 61.9. The Morgan fingerprint density at radius 2 is 0.866 bits per heavy atom. The van der Waals surface area contributed by atoms with E-state index in [-0.39, 0.29) is 72.5 Å². The molecule has 420 valence electrons. The van der Waals surface area contributed by atoms with Gasteiger partial charge in [-0.05, 0) is 143 Å². The minimum absolute atomic E-state index is 0.148. The molecule has 4 unspecified atom stereocenters. The molecule has 12 heteroatoms. The Morgan fingerprint density at radius 1 is 0.451 bits per heavy atom. The highest BCUT2D eigenvalue weighted by Crippen LogP contribution is 2.27. The van der Waals surface area contributed by atoms with E-state index in [1.165, 1.54) is 32.0 Å². The third kappa shape index (κ3) is 18.6. The van der Waals surface area contributed by atoms with Gasteiger partial charge in [-0.1, -0.05) is 165 Å². The fourth-order valence-corrected chi connectivity index (χ4v) is 9.75. The molecule has 2 amide bonds. The molecule has 0 radical (unpaired) electrons. The summed E-state index contributed by atoms with van der Waals surface area (Å²) >= 11 is 0. The van der Waals surface area contributed by atoms with E-state index in [1.807, 2.05) is 103 Å². The van der Waals surface area contributed by atoms with Crippen LogP contribution in [-0.2, 0) is 44.7 Å². The van der Waals surface area contributed by atoms with Crippen molar-refractivity contribution >= 4 is 35.1 Å². The van der Waals surface area contributed by atoms with Gasteiger partial charge in [0.15, 0.2) is 0 Å². The highest BCUT2D eigenvalue weighted by atomic mass is 19.1. The number of hydrogen-bond acceptors (Lipinski definition) is 8. The van der Waals surface area contributed by atoms with E-state index in [4.69, 9.17) is 20.9 Å². The summed E-state index contributed by atoms with van der Waals surface area (Å²) < 4.78 is 38.9. The number of aryl methyl sites for hydroxylation is 2. The Hall–Kier alpha value is -9.42. The van der Waals surface area contributed by atoms with E-state index in [0.29, 0.717) is 59.3 Å². The fourth-order valence-electron chi connectivity index (χ4n) is 9.75. The van der Waals surface area contributed by atoms with Gasteiger partial charge in [0.25, 0.3) is 11.8 Å². The lowest BCUT2D eigenvalue weighted by atomic mass is 9.88. The van der Waals surface area contributed by atoms with E-state index >= 15 is 0 Å². The molecule has 0 saturated carbocycles. The van der Waals surface area contributed by atoms with Gasteiger partial charge in [-0.25, -0.2) is 8.78 Å². The topological polar surface area (TPSA) is 163 Å². The SMILES string of the molecule is C=C(N)c1cccc(CC(COC(C)=O)C(CCc2ccccc2)NC(=O)c2ccc(-c3cccc(F)c3)cc2)c1.C=C(N)c1cccc(CC(COC(C)=O)C(CCc2ccccc2)NC(=O)c2ccc(-c3ccccc3F)cc2)c1. The third-order valence-corrected chi connectivity index (χ3v) is 14.2. The Morgan fingerprint density at radius 3 is 1.29 bits per heavy atom. The summed E-state index contributed by atoms with van der Waals surface area (Å²) in [6.45, 7) is 10.7. The van der Waals surface area contributed by atoms with E-state index in [1.54, 1.807) is 60.7 Å². The predicted molar refractivity (Wildman–Crippen MR) is 323 cm³/mol. The summed E-state index contributed by atoms with van der Waals surface area (Å²) in [7, 11) is 0. The van der Waals surface area contributed by atoms with Crippen LogP contribution < -0.4 is 22.1 Å². The molecule has 0 bridgehead atoms. The molecule has 0 aliphatic heterocycles. The summed E-state index contributed by atoms with van der Waals surface area (Å²) in [5.74, 6) is -2.26. The highest BCUT2D eigenvalue weighted by Gasteiger charge is 2.28. The number of nitrogens with two attached hydrogens (primary N) is 2. The number of hydrogen-bond donors (Lipinski definition) is 4. The van der Waals surface area contributed by atoms with E-state index in [0.717, 1.165) is 57.3 Å². The number of carbonyl (C=O) groups is 4. The molecule has 0 saturated heterocycles. The second-order valence-electron chi connectivity index (χ2n) is 20.3. The normalized spacial score (nSPS) is 12.2. The van der Waals surface area contributed by atoms with Gasteiger partial charge in [-0.3, -0.25) is 19.2 Å². The standard InChI is InChI=1S/2C35H35FN2O3/c1-24(37)30-11-6-10-27(20-30)21-32(23-41-25(2)39)34(19-14-26-8-4-3-5-9-26)38-35(40)29-17-15-28(16-18-29)31-12-7-13-33(36)22-31;1-24(37)30-12-8-11-27(21-30)22-31(23-41-25(2)39)34(20-15-26-9-4-3-5-10-26)38-35(40)29-18-16-28(17-19-29)32-13-6-7-14-33(32)36/h3-13,15-18,20,22,32,34H,1,14,19,21,23,37H2,2H3,(H,38,40);3-14,16-19,21,31,34H,1,15,20,22-23,37H2,2H3,(H,38,40). The molecule has 8 aromatic rings. The molecule has 82 heavy (non-hydrogen) atoms. The molecule has 6 N–H and O–H groups in total. The van der Waals surface area contributed by atoms with Crippen LogP contribution in [0.5, 0.6) is 0 Å². The van der Waals surface area contributed by atoms with Crippen LogP contribution in [0.15, 0.2) is 219 Å².